The van der Waals surface area contributed by atoms with E-state index in [1.807, 2.05) is 6.92 Å². The van der Waals surface area contributed by atoms with Crippen LogP contribution in [0.25, 0.3) is 0 Å². The lowest BCUT2D eigenvalue weighted by Crippen LogP contribution is -2.15. The van der Waals surface area contributed by atoms with Crippen LogP contribution in [0.4, 0.5) is 11.5 Å². The van der Waals surface area contributed by atoms with E-state index in [2.05, 4.69) is 15.0 Å². The van der Waals surface area contributed by atoms with Crippen molar-refractivity contribution in [1.29, 1.82) is 0 Å². The fourth-order valence-electron chi connectivity index (χ4n) is 2.46. The topological polar surface area (TPSA) is 80.3 Å². The first-order chi connectivity index (χ1) is 11.4. The second kappa shape index (κ2) is 6.32. The number of nitrogens with zero attached hydrogens (tertiary/aromatic N) is 1. The van der Waals surface area contributed by atoms with E-state index in [4.69, 9.17) is 4.74 Å². The summed E-state index contributed by atoms with van der Waals surface area (Å²) in [6.07, 6.45) is 3.84. The Labute approximate surface area is 142 Å². The summed E-state index contributed by atoms with van der Waals surface area (Å²) in [6.45, 7) is 3.56. The Morgan fingerprint density at radius 2 is 1.92 bits per heavy atom. The Hall–Kier alpha value is -2.28. The fourth-order valence-corrected chi connectivity index (χ4v) is 3.81. The van der Waals surface area contributed by atoms with Gasteiger partial charge in [-0.15, -0.1) is 0 Å². The average molecular weight is 347 g/mol. The minimum Gasteiger partial charge on any atom is -0.496 e. The maximum absolute atomic E-state index is 12.7. The molecule has 1 aliphatic carbocycles. The molecule has 2 N–H and O–H groups in total. The Bertz CT molecular complexity index is 844. The smallest absolute Gasteiger partial charge is 0.262 e. The van der Waals surface area contributed by atoms with Crippen LogP contribution in [0.5, 0.6) is 5.75 Å². The summed E-state index contributed by atoms with van der Waals surface area (Å²) in [5.74, 6) is 1.43. The molecule has 1 aromatic carbocycles. The molecule has 1 saturated carbocycles. The van der Waals surface area contributed by atoms with Gasteiger partial charge in [-0.25, -0.2) is 13.4 Å². The van der Waals surface area contributed by atoms with Gasteiger partial charge in [0.05, 0.1) is 23.9 Å². The number of methoxy groups -OCH3 is 1. The van der Waals surface area contributed by atoms with Crippen molar-refractivity contribution in [3.63, 3.8) is 0 Å². The number of hydrogen-bond donors (Lipinski definition) is 2. The van der Waals surface area contributed by atoms with Crippen LogP contribution in [0, 0.1) is 13.8 Å². The van der Waals surface area contributed by atoms with Gasteiger partial charge in [0.2, 0.25) is 0 Å². The predicted octanol–water partition coefficient (Wildman–Crippen LogP) is 3.08. The molecule has 0 saturated heterocycles. The lowest BCUT2D eigenvalue weighted by atomic mass is 10.1. The molecule has 2 aromatic rings. The molecular formula is C17H21N3O3S. The molecule has 7 heteroatoms. The highest BCUT2D eigenvalue weighted by Gasteiger charge is 2.22. The molecule has 0 amide bonds. The van der Waals surface area contributed by atoms with Crippen LogP contribution in [0.15, 0.2) is 35.4 Å². The van der Waals surface area contributed by atoms with E-state index in [0.717, 1.165) is 24.2 Å². The summed E-state index contributed by atoms with van der Waals surface area (Å²) >= 11 is 0. The van der Waals surface area contributed by atoms with Gasteiger partial charge in [-0.1, -0.05) is 0 Å². The summed E-state index contributed by atoms with van der Waals surface area (Å²) in [5.41, 5.74) is 1.83. The maximum atomic E-state index is 12.7. The normalized spacial score (nSPS) is 14.3. The maximum Gasteiger partial charge on any atom is 0.262 e. The predicted molar refractivity (Wildman–Crippen MR) is 94.2 cm³/mol. The molecule has 3 rings (SSSR count). The highest BCUT2D eigenvalue weighted by molar-refractivity contribution is 7.92. The Balaban J connectivity index is 1.81. The zero-order chi connectivity index (χ0) is 17.3. The lowest BCUT2D eigenvalue weighted by molar-refractivity contribution is 0.411. The molecule has 0 radical (unpaired) electrons. The van der Waals surface area contributed by atoms with E-state index in [1.165, 1.54) is 6.20 Å². The van der Waals surface area contributed by atoms with E-state index in [0.29, 0.717) is 23.0 Å². The highest BCUT2D eigenvalue weighted by Crippen LogP contribution is 2.27. The van der Waals surface area contributed by atoms with Crippen LogP contribution in [-0.2, 0) is 10.0 Å². The number of nitrogens with one attached hydrogen (secondary N) is 2. The molecular weight excluding hydrogens is 326 g/mol. The second-order valence-corrected chi connectivity index (χ2v) is 7.69. The lowest BCUT2D eigenvalue weighted by Gasteiger charge is -2.13. The number of ether oxygens (including phenoxy) is 1. The van der Waals surface area contributed by atoms with Gasteiger partial charge in [-0.2, -0.15) is 0 Å². The number of anilines is 2. The number of aromatic nitrogens is 1. The quantitative estimate of drug-likeness (QED) is 0.839. The van der Waals surface area contributed by atoms with E-state index in [9.17, 15) is 8.42 Å². The first-order valence-electron chi connectivity index (χ1n) is 7.79. The number of sulfonamides is 1. The molecule has 1 fully saturated rings. The summed E-state index contributed by atoms with van der Waals surface area (Å²) in [6, 6.07) is 7.34. The van der Waals surface area contributed by atoms with Gasteiger partial charge in [0.15, 0.2) is 0 Å². The van der Waals surface area contributed by atoms with Crippen molar-refractivity contribution >= 4 is 21.5 Å². The van der Waals surface area contributed by atoms with Crippen molar-refractivity contribution < 1.29 is 13.2 Å². The standard InChI is InChI=1S/C17H21N3O3S/c1-11-9-16(12(2)8-15(11)23-3)24(21,22)20-14-6-7-17(18-10-14)19-13-4-5-13/h6-10,13,20H,4-5H2,1-3H3,(H,18,19). The van der Waals surface area contributed by atoms with Crippen LogP contribution in [0.2, 0.25) is 0 Å². The molecule has 24 heavy (non-hydrogen) atoms. The molecule has 1 aliphatic rings. The summed E-state index contributed by atoms with van der Waals surface area (Å²) in [5, 5.41) is 3.26. The monoisotopic (exact) mass is 347 g/mol. The van der Waals surface area contributed by atoms with Crippen molar-refractivity contribution in [3.8, 4) is 5.75 Å². The van der Waals surface area contributed by atoms with Crippen molar-refractivity contribution in [2.45, 2.75) is 37.6 Å². The Morgan fingerprint density at radius 3 is 2.50 bits per heavy atom. The minimum atomic E-state index is -3.68. The molecule has 0 aliphatic heterocycles. The minimum absolute atomic E-state index is 0.237. The van der Waals surface area contributed by atoms with Gasteiger partial charge in [0.25, 0.3) is 10.0 Å². The van der Waals surface area contributed by atoms with E-state index in [-0.39, 0.29) is 4.90 Å². The summed E-state index contributed by atoms with van der Waals surface area (Å²) < 4.78 is 33.1. The molecule has 0 spiro atoms. The summed E-state index contributed by atoms with van der Waals surface area (Å²) in [7, 11) is -2.11. The molecule has 0 unspecified atom stereocenters. The van der Waals surface area contributed by atoms with Crippen molar-refractivity contribution in [3.05, 3.63) is 41.6 Å². The largest absolute Gasteiger partial charge is 0.496 e. The van der Waals surface area contributed by atoms with Gasteiger partial charge in [-0.05, 0) is 62.1 Å². The fraction of sp³-hybridized carbons (Fsp3) is 0.353. The van der Waals surface area contributed by atoms with Crippen LogP contribution >= 0.6 is 0 Å². The third-order valence-electron chi connectivity index (χ3n) is 3.93. The number of hydrogen-bond acceptors (Lipinski definition) is 5. The molecule has 128 valence electrons. The summed E-state index contributed by atoms with van der Waals surface area (Å²) in [4.78, 5) is 4.48. The number of rotatable bonds is 6. The van der Waals surface area contributed by atoms with Crippen LogP contribution in [0.1, 0.15) is 24.0 Å². The van der Waals surface area contributed by atoms with Crippen molar-refractivity contribution in [2.24, 2.45) is 0 Å². The van der Waals surface area contributed by atoms with E-state index >= 15 is 0 Å². The third kappa shape index (κ3) is 3.62. The van der Waals surface area contributed by atoms with Gasteiger partial charge in [0.1, 0.15) is 11.6 Å². The first kappa shape index (κ1) is 16.6. The highest BCUT2D eigenvalue weighted by atomic mass is 32.2. The zero-order valence-corrected chi connectivity index (χ0v) is 14.8. The van der Waals surface area contributed by atoms with Crippen LogP contribution < -0.4 is 14.8 Å². The molecule has 6 nitrogen and oxygen atoms in total. The second-order valence-electron chi connectivity index (χ2n) is 6.04. The van der Waals surface area contributed by atoms with Gasteiger partial charge in [0, 0.05) is 6.04 Å². The zero-order valence-electron chi connectivity index (χ0n) is 14.0. The Morgan fingerprint density at radius 1 is 1.17 bits per heavy atom. The van der Waals surface area contributed by atoms with Crippen LogP contribution in [0.3, 0.4) is 0 Å². The van der Waals surface area contributed by atoms with E-state index in [1.54, 1.807) is 38.3 Å². The molecule has 1 aromatic heterocycles. The number of benzene rings is 1. The van der Waals surface area contributed by atoms with Gasteiger partial charge in [-0.3, -0.25) is 4.72 Å². The molecule has 0 bridgehead atoms. The van der Waals surface area contributed by atoms with E-state index < -0.39 is 10.0 Å². The van der Waals surface area contributed by atoms with Crippen molar-refractivity contribution in [1.82, 2.24) is 4.98 Å². The van der Waals surface area contributed by atoms with Crippen molar-refractivity contribution in [2.75, 3.05) is 17.1 Å². The van der Waals surface area contributed by atoms with Crippen LogP contribution in [-0.4, -0.2) is 26.6 Å². The first-order valence-corrected chi connectivity index (χ1v) is 9.28. The third-order valence-corrected chi connectivity index (χ3v) is 5.45. The number of pyridine rings is 1. The van der Waals surface area contributed by atoms with Gasteiger partial charge < -0.3 is 10.1 Å². The average Bonchev–Trinajstić information content (AvgIpc) is 3.34. The molecule has 1 heterocycles. The molecule has 0 atom stereocenters. The van der Waals surface area contributed by atoms with Gasteiger partial charge >= 0.3 is 0 Å². The Kier molecular flexibility index (Phi) is 4.36. The SMILES string of the molecule is COc1cc(C)c(S(=O)(=O)Nc2ccc(NC3CC3)nc2)cc1C. The number of aryl methyl sites for hydroxylation is 2.